The molecule has 0 aliphatic rings. The molecule has 0 saturated heterocycles. The molecule has 0 bridgehead atoms. The summed E-state index contributed by atoms with van der Waals surface area (Å²) in [4.78, 5) is 23.8. The summed E-state index contributed by atoms with van der Waals surface area (Å²) >= 11 is 3.51. The van der Waals surface area contributed by atoms with Gasteiger partial charge in [-0.15, -0.1) is 0 Å². The lowest BCUT2D eigenvalue weighted by Gasteiger charge is -2.11. The van der Waals surface area contributed by atoms with E-state index in [1.165, 1.54) is 11.6 Å². The number of aryl methyl sites for hydroxylation is 2. The van der Waals surface area contributed by atoms with Crippen LogP contribution in [0.1, 0.15) is 30.9 Å². The zero-order valence-electron chi connectivity index (χ0n) is 15.9. The van der Waals surface area contributed by atoms with Crippen LogP contribution in [0.15, 0.2) is 56.1 Å². The largest absolute Gasteiger partial charge is 0.484 e. The summed E-state index contributed by atoms with van der Waals surface area (Å²) in [7, 11) is 0. The van der Waals surface area contributed by atoms with Gasteiger partial charge in [-0.3, -0.25) is 4.79 Å². The van der Waals surface area contributed by atoms with E-state index in [2.05, 4.69) is 28.2 Å². The number of nitrogens with one attached hydrogen (secondary N) is 1. The topological polar surface area (TPSA) is 68.5 Å². The highest BCUT2D eigenvalue weighted by atomic mass is 79.9. The molecule has 0 saturated carbocycles. The van der Waals surface area contributed by atoms with Gasteiger partial charge in [0.1, 0.15) is 11.3 Å². The van der Waals surface area contributed by atoms with Crippen molar-refractivity contribution in [3.63, 3.8) is 0 Å². The molecule has 0 fully saturated rings. The minimum Gasteiger partial charge on any atom is -0.484 e. The minimum atomic E-state index is -0.410. The second-order valence-corrected chi connectivity index (χ2v) is 7.52. The average Bonchev–Trinajstić information content (AvgIpc) is 2.66. The Morgan fingerprint density at radius 2 is 2.00 bits per heavy atom. The average molecular weight is 444 g/mol. The first-order chi connectivity index (χ1) is 13.5. The Morgan fingerprint density at radius 1 is 1.18 bits per heavy atom. The van der Waals surface area contributed by atoms with E-state index in [0.717, 1.165) is 34.7 Å². The molecule has 0 unspecified atom stereocenters. The molecule has 146 valence electrons. The second kappa shape index (κ2) is 9.06. The van der Waals surface area contributed by atoms with Crippen molar-refractivity contribution in [2.75, 3.05) is 11.9 Å². The molecule has 3 aromatic rings. The van der Waals surface area contributed by atoms with E-state index < -0.39 is 5.63 Å². The number of halogens is 1. The molecule has 0 aliphatic carbocycles. The van der Waals surface area contributed by atoms with Crippen LogP contribution >= 0.6 is 15.9 Å². The van der Waals surface area contributed by atoms with Crippen molar-refractivity contribution in [1.29, 1.82) is 0 Å². The number of hydrogen-bond acceptors (Lipinski definition) is 4. The molecule has 1 N–H and O–H groups in total. The molecule has 0 radical (unpaired) electrons. The number of amides is 1. The predicted molar refractivity (Wildman–Crippen MR) is 114 cm³/mol. The fourth-order valence-electron chi connectivity index (χ4n) is 2.93. The third-order valence-electron chi connectivity index (χ3n) is 4.42. The van der Waals surface area contributed by atoms with E-state index in [4.69, 9.17) is 9.15 Å². The van der Waals surface area contributed by atoms with Crippen molar-refractivity contribution in [2.45, 2.75) is 33.1 Å². The van der Waals surface area contributed by atoms with Crippen molar-refractivity contribution in [2.24, 2.45) is 0 Å². The van der Waals surface area contributed by atoms with Crippen molar-refractivity contribution in [3.8, 4) is 5.75 Å². The van der Waals surface area contributed by atoms with Crippen LogP contribution in [-0.2, 0) is 11.2 Å². The number of anilines is 1. The molecule has 3 rings (SSSR count). The predicted octanol–water partition coefficient (Wildman–Crippen LogP) is 5.22. The van der Waals surface area contributed by atoms with Gasteiger partial charge < -0.3 is 14.5 Å². The summed E-state index contributed by atoms with van der Waals surface area (Å²) in [6, 6.07) is 12.6. The molecule has 0 atom stereocenters. The second-order valence-electron chi connectivity index (χ2n) is 6.66. The number of rotatable bonds is 7. The first kappa shape index (κ1) is 20.1. The van der Waals surface area contributed by atoms with E-state index in [0.29, 0.717) is 17.0 Å². The van der Waals surface area contributed by atoms with Gasteiger partial charge in [0.25, 0.3) is 5.91 Å². The Kier molecular flexibility index (Phi) is 6.52. The van der Waals surface area contributed by atoms with E-state index in [9.17, 15) is 9.59 Å². The maximum Gasteiger partial charge on any atom is 0.336 e. The third kappa shape index (κ3) is 5.01. The Bertz CT molecular complexity index is 1060. The number of ether oxygens (including phenoxy) is 1. The number of hydrogen-bond donors (Lipinski definition) is 1. The van der Waals surface area contributed by atoms with Gasteiger partial charge in [0.15, 0.2) is 6.61 Å². The highest BCUT2D eigenvalue weighted by molar-refractivity contribution is 9.10. The highest BCUT2D eigenvalue weighted by Crippen LogP contribution is 2.25. The van der Waals surface area contributed by atoms with E-state index in [1.54, 1.807) is 12.1 Å². The Balaban J connectivity index is 1.63. The molecule has 2 aromatic carbocycles. The summed E-state index contributed by atoms with van der Waals surface area (Å²) in [5.41, 5.74) is 2.80. The molecule has 6 heteroatoms. The summed E-state index contributed by atoms with van der Waals surface area (Å²) in [5, 5.41) is 3.67. The van der Waals surface area contributed by atoms with Gasteiger partial charge in [-0.2, -0.15) is 0 Å². The van der Waals surface area contributed by atoms with E-state index >= 15 is 0 Å². The van der Waals surface area contributed by atoms with Crippen LogP contribution in [-0.4, -0.2) is 12.5 Å². The van der Waals surface area contributed by atoms with Crippen LogP contribution in [0.5, 0.6) is 5.75 Å². The highest BCUT2D eigenvalue weighted by Gasteiger charge is 2.09. The van der Waals surface area contributed by atoms with E-state index in [-0.39, 0.29) is 12.5 Å². The van der Waals surface area contributed by atoms with Gasteiger partial charge in [0, 0.05) is 22.0 Å². The number of unbranched alkanes of at least 4 members (excludes halogenated alkanes) is 1. The van der Waals surface area contributed by atoms with Crippen LogP contribution in [0.2, 0.25) is 0 Å². The number of benzene rings is 2. The molecule has 1 amide bonds. The molecule has 0 aliphatic heterocycles. The number of fused-ring (bicyclic) bond motifs is 1. The Morgan fingerprint density at radius 3 is 2.75 bits per heavy atom. The smallest absolute Gasteiger partial charge is 0.336 e. The molecule has 1 aromatic heterocycles. The van der Waals surface area contributed by atoms with Gasteiger partial charge in [-0.25, -0.2) is 4.79 Å². The molecule has 28 heavy (non-hydrogen) atoms. The van der Waals surface area contributed by atoms with Crippen molar-refractivity contribution < 1.29 is 13.9 Å². The van der Waals surface area contributed by atoms with Crippen LogP contribution < -0.4 is 15.7 Å². The summed E-state index contributed by atoms with van der Waals surface area (Å²) in [6.07, 6.45) is 3.30. The Hall–Kier alpha value is -2.60. The van der Waals surface area contributed by atoms with Gasteiger partial charge in [-0.05, 0) is 71.1 Å². The molecule has 1 heterocycles. The quantitative estimate of drug-likeness (QED) is 0.507. The van der Waals surface area contributed by atoms with Gasteiger partial charge in [-0.1, -0.05) is 19.4 Å². The first-order valence-electron chi connectivity index (χ1n) is 9.22. The van der Waals surface area contributed by atoms with Crippen molar-refractivity contribution in [3.05, 3.63) is 68.5 Å². The zero-order valence-corrected chi connectivity index (χ0v) is 17.5. The Labute approximate surface area is 171 Å². The van der Waals surface area contributed by atoms with Crippen LogP contribution in [0.4, 0.5) is 5.69 Å². The third-order valence-corrected chi connectivity index (χ3v) is 5.08. The molecule has 0 spiro atoms. The molecule has 5 nitrogen and oxygen atoms in total. The fourth-order valence-corrected chi connectivity index (χ4v) is 3.45. The van der Waals surface area contributed by atoms with Crippen molar-refractivity contribution in [1.82, 2.24) is 0 Å². The maximum absolute atomic E-state index is 12.2. The van der Waals surface area contributed by atoms with Crippen LogP contribution in [0.25, 0.3) is 11.0 Å². The van der Waals surface area contributed by atoms with Gasteiger partial charge in [0.2, 0.25) is 0 Å². The van der Waals surface area contributed by atoms with Gasteiger partial charge in [0.05, 0.1) is 5.69 Å². The van der Waals surface area contributed by atoms with Crippen LogP contribution in [0.3, 0.4) is 0 Å². The molecular formula is C22H22BrNO4. The maximum atomic E-state index is 12.2. The summed E-state index contributed by atoms with van der Waals surface area (Å²) < 4.78 is 11.6. The van der Waals surface area contributed by atoms with Gasteiger partial charge >= 0.3 is 5.63 Å². The lowest BCUT2D eigenvalue weighted by Crippen LogP contribution is -2.20. The minimum absolute atomic E-state index is 0.147. The molecular weight excluding hydrogens is 422 g/mol. The van der Waals surface area contributed by atoms with Crippen molar-refractivity contribution >= 4 is 38.5 Å². The SMILES string of the molecule is CCCCc1ccc(NC(=O)COc2ccc3c(C)cc(=O)oc3c2)c(Br)c1. The zero-order chi connectivity index (χ0) is 20.1. The monoisotopic (exact) mass is 443 g/mol. The number of carbonyl (C=O) groups excluding carboxylic acids is 1. The van der Waals surface area contributed by atoms with E-state index in [1.807, 2.05) is 31.2 Å². The number of carbonyl (C=O) groups is 1. The van der Waals surface area contributed by atoms with Crippen LogP contribution in [0, 0.1) is 6.92 Å². The lowest BCUT2D eigenvalue weighted by atomic mass is 10.1. The standard InChI is InChI=1S/C22H22BrNO4/c1-3-4-5-15-6-9-19(18(23)11-15)24-21(25)13-27-16-7-8-17-14(2)10-22(26)28-20(17)12-16/h6-12H,3-5,13H2,1-2H3,(H,24,25). The first-order valence-corrected chi connectivity index (χ1v) is 10.0. The summed E-state index contributed by atoms with van der Waals surface area (Å²) in [5.74, 6) is 0.193. The summed E-state index contributed by atoms with van der Waals surface area (Å²) in [6.45, 7) is 3.86. The fraction of sp³-hybridized carbons (Fsp3) is 0.273. The normalized spacial score (nSPS) is 10.8. The lowest BCUT2D eigenvalue weighted by molar-refractivity contribution is -0.118.